The zero-order chi connectivity index (χ0) is 24.1. The normalized spacial score (nSPS) is 25.9. The Bertz CT molecular complexity index is 954. The van der Waals surface area contributed by atoms with Gasteiger partial charge in [-0.1, -0.05) is 54.6 Å². The number of nitrogens with two attached hydrogens (primary N) is 1. The predicted molar refractivity (Wildman–Crippen MR) is 131 cm³/mol. The number of nitrogens with zero attached hydrogens (tertiary/aromatic N) is 1. The SMILES string of the molecule is NC1CCC(c2ccc(C(O)[C@@H]3C[C@@H](CC(=O)O)C(=O)N3CCCc3ccccc3)cc2)CC1. The third-order valence-corrected chi connectivity index (χ3v) is 7.57. The maximum atomic E-state index is 13.1. The molecule has 4 N–H and O–H groups in total. The third kappa shape index (κ3) is 5.86. The first kappa shape index (κ1) is 24.4. The van der Waals surface area contributed by atoms with Gasteiger partial charge in [0.1, 0.15) is 0 Å². The van der Waals surface area contributed by atoms with Crippen LogP contribution in [0.5, 0.6) is 0 Å². The molecule has 1 amide bonds. The van der Waals surface area contributed by atoms with Gasteiger partial charge in [0.15, 0.2) is 0 Å². The molecule has 6 nitrogen and oxygen atoms in total. The second-order valence-corrected chi connectivity index (χ2v) is 9.94. The van der Waals surface area contributed by atoms with E-state index in [1.54, 1.807) is 4.90 Å². The Balaban J connectivity index is 1.44. The van der Waals surface area contributed by atoms with Gasteiger partial charge < -0.3 is 20.8 Å². The van der Waals surface area contributed by atoms with Gasteiger partial charge in [-0.2, -0.15) is 0 Å². The molecule has 0 spiro atoms. The predicted octanol–water partition coefficient (Wildman–Crippen LogP) is 4.03. The van der Waals surface area contributed by atoms with Gasteiger partial charge in [0.05, 0.1) is 24.5 Å². The molecule has 1 saturated carbocycles. The van der Waals surface area contributed by atoms with Crippen LogP contribution >= 0.6 is 0 Å². The number of carboxylic acids is 1. The number of benzene rings is 2. The summed E-state index contributed by atoms with van der Waals surface area (Å²) in [4.78, 5) is 26.1. The van der Waals surface area contributed by atoms with Crippen molar-refractivity contribution in [3.63, 3.8) is 0 Å². The van der Waals surface area contributed by atoms with E-state index in [1.165, 1.54) is 11.1 Å². The molecular weight excluding hydrogens is 428 g/mol. The van der Waals surface area contributed by atoms with Crippen LogP contribution in [-0.2, 0) is 16.0 Å². The van der Waals surface area contributed by atoms with Crippen molar-refractivity contribution in [2.24, 2.45) is 11.7 Å². The Morgan fingerprint density at radius 1 is 1.03 bits per heavy atom. The van der Waals surface area contributed by atoms with E-state index in [0.717, 1.165) is 44.1 Å². The molecule has 2 aliphatic rings. The Labute approximate surface area is 201 Å². The summed E-state index contributed by atoms with van der Waals surface area (Å²) >= 11 is 0. The van der Waals surface area contributed by atoms with Crippen LogP contribution in [0.15, 0.2) is 54.6 Å². The molecule has 182 valence electrons. The molecule has 1 aliphatic carbocycles. The summed E-state index contributed by atoms with van der Waals surface area (Å²) in [5.41, 5.74) is 9.29. The van der Waals surface area contributed by atoms with Gasteiger partial charge in [0.2, 0.25) is 5.91 Å². The first-order valence-electron chi connectivity index (χ1n) is 12.5. The van der Waals surface area contributed by atoms with Gasteiger partial charge in [0, 0.05) is 12.6 Å². The molecule has 1 aliphatic heterocycles. The molecule has 0 aromatic heterocycles. The van der Waals surface area contributed by atoms with E-state index >= 15 is 0 Å². The second kappa shape index (κ2) is 11.2. The van der Waals surface area contributed by atoms with E-state index in [4.69, 9.17) is 5.73 Å². The van der Waals surface area contributed by atoms with Crippen molar-refractivity contribution < 1.29 is 19.8 Å². The number of aliphatic carboxylic acids is 1. The molecule has 2 aromatic carbocycles. The molecule has 34 heavy (non-hydrogen) atoms. The molecule has 6 heteroatoms. The highest BCUT2D eigenvalue weighted by atomic mass is 16.4. The number of aliphatic hydroxyl groups is 1. The van der Waals surface area contributed by atoms with E-state index in [9.17, 15) is 19.8 Å². The largest absolute Gasteiger partial charge is 0.481 e. The number of amides is 1. The first-order chi connectivity index (χ1) is 16.4. The lowest BCUT2D eigenvalue weighted by Gasteiger charge is -2.30. The van der Waals surface area contributed by atoms with Crippen molar-refractivity contribution in [2.45, 2.75) is 75.5 Å². The van der Waals surface area contributed by atoms with Crippen LogP contribution in [0.2, 0.25) is 0 Å². The lowest BCUT2D eigenvalue weighted by Crippen LogP contribution is -2.38. The summed E-state index contributed by atoms with van der Waals surface area (Å²) < 4.78 is 0. The van der Waals surface area contributed by atoms with Gasteiger partial charge in [-0.15, -0.1) is 0 Å². The minimum Gasteiger partial charge on any atom is -0.481 e. The third-order valence-electron chi connectivity index (χ3n) is 7.57. The van der Waals surface area contributed by atoms with Gasteiger partial charge in [-0.05, 0) is 67.6 Å². The van der Waals surface area contributed by atoms with Gasteiger partial charge in [-0.3, -0.25) is 9.59 Å². The molecule has 2 aromatic rings. The van der Waals surface area contributed by atoms with Crippen LogP contribution in [0.3, 0.4) is 0 Å². The van der Waals surface area contributed by atoms with Crippen molar-refractivity contribution >= 4 is 11.9 Å². The topological polar surface area (TPSA) is 104 Å². The number of hydrogen-bond donors (Lipinski definition) is 3. The Kier molecular flexibility index (Phi) is 8.01. The van der Waals surface area contributed by atoms with Crippen molar-refractivity contribution in [2.75, 3.05) is 6.54 Å². The molecule has 3 atom stereocenters. The summed E-state index contributed by atoms with van der Waals surface area (Å²) in [6.45, 7) is 0.506. The molecule has 1 saturated heterocycles. The van der Waals surface area contributed by atoms with E-state index in [2.05, 4.69) is 24.3 Å². The quantitative estimate of drug-likeness (QED) is 0.520. The number of carboxylic acid groups (broad SMARTS) is 1. The number of rotatable bonds is 9. The molecule has 2 fully saturated rings. The summed E-state index contributed by atoms with van der Waals surface area (Å²) in [6.07, 6.45) is 5.19. The zero-order valence-electron chi connectivity index (χ0n) is 19.7. The monoisotopic (exact) mass is 464 g/mol. The second-order valence-electron chi connectivity index (χ2n) is 9.94. The number of likely N-dealkylation sites (tertiary alicyclic amines) is 1. The van der Waals surface area contributed by atoms with Crippen molar-refractivity contribution in [3.8, 4) is 0 Å². The summed E-state index contributed by atoms with van der Waals surface area (Å²) in [6, 6.07) is 18.1. The number of carbonyl (C=O) groups excluding carboxylic acids is 1. The molecule has 0 bridgehead atoms. The van der Waals surface area contributed by atoms with E-state index in [-0.39, 0.29) is 12.3 Å². The summed E-state index contributed by atoms with van der Waals surface area (Å²) in [5.74, 6) is -1.21. The van der Waals surface area contributed by atoms with Crippen LogP contribution in [0.4, 0.5) is 0 Å². The average Bonchev–Trinajstić information content (AvgIpc) is 3.14. The standard InChI is InChI=1S/C28H36N2O4/c29-24-14-12-21(13-15-24)20-8-10-22(11-9-20)27(33)25-17-23(18-26(31)32)28(34)30(25)16-4-7-19-5-2-1-3-6-19/h1-3,5-6,8-11,21,23-25,27,33H,4,7,12-18,29H2,(H,31,32)/t21?,23-,24?,25-,27?/m0/s1. The van der Waals surface area contributed by atoms with Crippen molar-refractivity contribution in [3.05, 3.63) is 71.3 Å². The highest BCUT2D eigenvalue weighted by Crippen LogP contribution is 2.37. The summed E-state index contributed by atoms with van der Waals surface area (Å²) in [5, 5.41) is 20.5. The van der Waals surface area contributed by atoms with Crippen LogP contribution in [-0.4, -0.2) is 45.6 Å². The lowest BCUT2D eigenvalue weighted by atomic mass is 9.81. The fourth-order valence-corrected chi connectivity index (χ4v) is 5.61. The molecule has 0 radical (unpaired) electrons. The van der Waals surface area contributed by atoms with Gasteiger partial charge in [-0.25, -0.2) is 0 Å². The van der Waals surface area contributed by atoms with Gasteiger partial charge in [0.25, 0.3) is 0 Å². The molecular formula is C28H36N2O4. The zero-order valence-corrected chi connectivity index (χ0v) is 19.7. The lowest BCUT2D eigenvalue weighted by molar-refractivity contribution is -0.142. The molecule has 1 unspecified atom stereocenters. The van der Waals surface area contributed by atoms with Crippen molar-refractivity contribution in [1.82, 2.24) is 4.90 Å². The smallest absolute Gasteiger partial charge is 0.304 e. The Hall–Kier alpha value is -2.70. The van der Waals surface area contributed by atoms with E-state index in [0.29, 0.717) is 24.9 Å². The van der Waals surface area contributed by atoms with Crippen LogP contribution in [0.25, 0.3) is 0 Å². The number of aryl methyl sites for hydroxylation is 1. The minimum atomic E-state index is -0.978. The Morgan fingerprint density at radius 2 is 1.71 bits per heavy atom. The van der Waals surface area contributed by atoms with Crippen molar-refractivity contribution in [1.29, 1.82) is 0 Å². The van der Waals surface area contributed by atoms with Crippen LogP contribution in [0, 0.1) is 5.92 Å². The fraction of sp³-hybridized carbons (Fsp3) is 0.500. The van der Waals surface area contributed by atoms with Gasteiger partial charge >= 0.3 is 5.97 Å². The molecule has 4 rings (SSSR count). The first-order valence-corrected chi connectivity index (χ1v) is 12.5. The number of hydrogen-bond acceptors (Lipinski definition) is 4. The number of carbonyl (C=O) groups is 2. The number of aliphatic hydroxyl groups excluding tert-OH is 1. The van der Waals surface area contributed by atoms with E-state index in [1.807, 2.05) is 30.3 Å². The van der Waals surface area contributed by atoms with Crippen LogP contribution in [0.1, 0.15) is 73.7 Å². The maximum absolute atomic E-state index is 13.1. The summed E-state index contributed by atoms with van der Waals surface area (Å²) in [7, 11) is 0. The highest BCUT2D eigenvalue weighted by molar-refractivity contribution is 5.85. The molecule has 1 heterocycles. The maximum Gasteiger partial charge on any atom is 0.304 e. The average molecular weight is 465 g/mol. The highest BCUT2D eigenvalue weighted by Gasteiger charge is 2.43. The van der Waals surface area contributed by atoms with E-state index < -0.39 is 24.0 Å². The Morgan fingerprint density at radius 3 is 2.35 bits per heavy atom. The van der Waals surface area contributed by atoms with Crippen LogP contribution < -0.4 is 5.73 Å². The minimum absolute atomic E-state index is 0.158. The fourth-order valence-electron chi connectivity index (χ4n) is 5.61.